The fourth-order valence-electron chi connectivity index (χ4n) is 2.91. The lowest BCUT2D eigenvalue weighted by atomic mass is 10.2. The van der Waals surface area contributed by atoms with Gasteiger partial charge in [0.25, 0.3) is 5.56 Å². The van der Waals surface area contributed by atoms with Crippen molar-refractivity contribution in [3.8, 4) is 11.3 Å². The van der Waals surface area contributed by atoms with Gasteiger partial charge in [0.05, 0.1) is 36.0 Å². The van der Waals surface area contributed by atoms with Crippen molar-refractivity contribution in [3.63, 3.8) is 0 Å². The van der Waals surface area contributed by atoms with E-state index >= 15 is 0 Å². The SMILES string of the molecule is COCCn1c(SCc2ncc(-c3ccc(Cl)cc3)o2)nc2cc(Cl)ccc2c1=O. The lowest BCUT2D eigenvalue weighted by molar-refractivity contribution is 0.183. The summed E-state index contributed by atoms with van der Waals surface area (Å²) in [5.41, 5.74) is 1.31. The van der Waals surface area contributed by atoms with Gasteiger partial charge in [0.1, 0.15) is 0 Å². The third kappa shape index (κ3) is 4.54. The summed E-state index contributed by atoms with van der Waals surface area (Å²) in [6, 6.07) is 12.4. The molecule has 0 saturated heterocycles. The number of benzene rings is 2. The van der Waals surface area contributed by atoms with Crippen molar-refractivity contribution in [2.75, 3.05) is 13.7 Å². The van der Waals surface area contributed by atoms with Gasteiger partial charge in [0.15, 0.2) is 10.9 Å². The molecule has 154 valence electrons. The van der Waals surface area contributed by atoms with E-state index in [2.05, 4.69) is 9.97 Å². The second-order valence-electron chi connectivity index (χ2n) is 6.42. The van der Waals surface area contributed by atoms with Crippen molar-refractivity contribution in [1.29, 1.82) is 0 Å². The Morgan fingerprint density at radius 1 is 1.13 bits per heavy atom. The Hall–Kier alpha value is -2.32. The number of hydrogen-bond acceptors (Lipinski definition) is 6. The third-order valence-corrected chi connectivity index (χ3v) is 5.86. The smallest absolute Gasteiger partial charge is 0.262 e. The van der Waals surface area contributed by atoms with E-state index in [1.54, 1.807) is 48.2 Å². The van der Waals surface area contributed by atoms with Crippen LogP contribution in [-0.2, 0) is 17.0 Å². The molecule has 6 nitrogen and oxygen atoms in total. The predicted molar refractivity (Wildman–Crippen MR) is 119 cm³/mol. The highest BCUT2D eigenvalue weighted by Crippen LogP contribution is 2.27. The van der Waals surface area contributed by atoms with Crippen LogP contribution in [0.1, 0.15) is 5.89 Å². The highest BCUT2D eigenvalue weighted by Gasteiger charge is 2.14. The van der Waals surface area contributed by atoms with Gasteiger partial charge in [-0.2, -0.15) is 0 Å². The molecule has 0 amide bonds. The van der Waals surface area contributed by atoms with Crippen LogP contribution in [0.15, 0.2) is 63.0 Å². The summed E-state index contributed by atoms with van der Waals surface area (Å²) >= 11 is 13.4. The first-order valence-corrected chi connectivity index (χ1v) is 10.8. The van der Waals surface area contributed by atoms with Gasteiger partial charge < -0.3 is 9.15 Å². The maximum atomic E-state index is 13.0. The molecule has 0 aliphatic heterocycles. The predicted octanol–water partition coefficient (Wildman–Crippen LogP) is 5.30. The van der Waals surface area contributed by atoms with Crippen molar-refractivity contribution in [2.24, 2.45) is 0 Å². The normalized spacial score (nSPS) is 11.3. The first-order chi connectivity index (χ1) is 14.5. The Morgan fingerprint density at radius 2 is 1.90 bits per heavy atom. The number of thioether (sulfide) groups is 1. The molecule has 2 heterocycles. The number of methoxy groups -OCH3 is 1. The van der Waals surface area contributed by atoms with E-state index in [-0.39, 0.29) is 5.56 Å². The van der Waals surface area contributed by atoms with E-state index in [1.807, 2.05) is 12.1 Å². The molecular formula is C21H17Cl2N3O3S. The quantitative estimate of drug-likeness (QED) is 0.274. The minimum Gasteiger partial charge on any atom is -0.440 e. The van der Waals surface area contributed by atoms with Crippen LogP contribution in [0.2, 0.25) is 10.0 Å². The van der Waals surface area contributed by atoms with E-state index < -0.39 is 0 Å². The fourth-order valence-corrected chi connectivity index (χ4v) is 4.09. The van der Waals surface area contributed by atoms with Crippen LogP contribution in [0, 0.1) is 0 Å². The summed E-state index contributed by atoms with van der Waals surface area (Å²) < 4.78 is 12.6. The molecule has 0 unspecified atom stereocenters. The maximum absolute atomic E-state index is 13.0. The summed E-state index contributed by atoms with van der Waals surface area (Å²) in [6.07, 6.45) is 1.67. The highest BCUT2D eigenvalue weighted by atomic mass is 35.5. The Kier molecular flexibility index (Phi) is 6.43. The Balaban J connectivity index is 1.61. The minimum atomic E-state index is -0.134. The first kappa shape index (κ1) is 20.9. The molecule has 0 aliphatic rings. The van der Waals surface area contributed by atoms with Gasteiger partial charge >= 0.3 is 0 Å². The molecule has 0 fully saturated rings. The van der Waals surface area contributed by atoms with E-state index in [0.29, 0.717) is 56.7 Å². The molecule has 4 rings (SSSR count). The largest absolute Gasteiger partial charge is 0.440 e. The fraction of sp³-hybridized carbons (Fsp3) is 0.190. The van der Waals surface area contributed by atoms with Crippen molar-refractivity contribution in [3.05, 3.63) is 75.0 Å². The number of halogens is 2. The van der Waals surface area contributed by atoms with E-state index in [1.165, 1.54) is 11.8 Å². The molecule has 0 saturated carbocycles. The van der Waals surface area contributed by atoms with Crippen molar-refractivity contribution < 1.29 is 9.15 Å². The number of rotatable bonds is 7. The summed E-state index contributed by atoms with van der Waals surface area (Å²) in [5, 5.41) is 2.25. The molecule has 9 heteroatoms. The Morgan fingerprint density at radius 3 is 2.67 bits per heavy atom. The van der Waals surface area contributed by atoms with Gasteiger partial charge in [-0.15, -0.1) is 0 Å². The van der Waals surface area contributed by atoms with E-state index in [4.69, 9.17) is 32.4 Å². The van der Waals surface area contributed by atoms with Crippen LogP contribution >= 0.6 is 35.0 Å². The zero-order valence-corrected chi connectivity index (χ0v) is 18.3. The summed E-state index contributed by atoms with van der Waals surface area (Å²) in [4.78, 5) is 21.9. The number of hydrogen-bond donors (Lipinski definition) is 0. The number of aromatic nitrogens is 3. The summed E-state index contributed by atoms with van der Waals surface area (Å²) in [5.74, 6) is 1.60. The van der Waals surface area contributed by atoms with Gasteiger partial charge in [-0.1, -0.05) is 35.0 Å². The summed E-state index contributed by atoms with van der Waals surface area (Å²) in [6.45, 7) is 0.790. The van der Waals surface area contributed by atoms with Crippen molar-refractivity contribution in [2.45, 2.75) is 17.5 Å². The standard InChI is InChI=1S/C21H17Cl2N3O3S/c1-28-9-8-26-20(27)16-7-6-15(23)10-17(16)25-21(26)30-12-19-24-11-18(29-19)13-2-4-14(22)5-3-13/h2-7,10-11H,8-9,12H2,1H3. The molecule has 0 aliphatic carbocycles. The Bertz CT molecular complexity index is 1240. The van der Waals surface area contributed by atoms with Crippen LogP contribution in [-0.4, -0.2) is 28.3 Å². The average molecular weight is 462 g/mol. The zero-order chi connectivity index (χ0) is 21.1. The average Bonchev–Trinajstić information content (AvgIpc) is 3.21. The number of oxazole rings is 1. The molecule has 0 radical (unpaired) electrons. The lowest BCUT2D eigenvalue weighted by Gasteiger charge is -2.12. The van der Waals surface area contributed by atoms with Gasteiger partial charge in [-0.25, -0.2) is 9.97 Å². The monoisotopic (exact) mass is 461 g/mol. The molecule has 0 spiro atoms. The van der Waals surface area contributed by atoms with E-state index in [9.17, 15) is 4.79 Å². The molecule has 2 aromatic heterocycles. The van der Waals surface area contributed by atoms with E-state index in [0.717, 1.165) is 5.56 Å². The molecular weight excluding hydrogens is 445 g/mol. The van der Waals surface area contributed by atoms with Gasteiger partial charge in [-0.05, 0) is 42.5 Å². The zero-order valence-electron chi connectivity index (χ0n) is 16.0. The summed E-state index contributed by atoms with van der Waals surface area (Å²) in [7, 11) is 1.59. The molecule has 30 heavy (non-hydrogen) atoms. The first-order valence-electron chi connectivity index (χ1n) is 9.07. The lowest BCUT2D eigenvalue weighted by Crippen LogP contribution is -2.25. The maximum Gasteiger partial charge on any atom is 0.262 e. The molecule has 2 aromatic carbocycles. The topological polar surface area (TPSA) is 70.2 Å². The van der Waals surface area contributed by atoms with Crippen LogP contribution in [0.5, 0.6) is 0 Å². The van der Waals surface area contributed by atoms with Crippen LogP contribution in [0.25, 0.3) is 22.2 Å². The molecule has 0 atom stereocenters. The number of nitrogens with zero attached hydrogens (tertiary/aromatic N) is 3. The third-order valence-electron chi connectivity index (χ3n) is 4.41. The Labute approximate surface area is 186 Å². The molecule has 0 bridgehead atoms. The van der Waals surface area contributed by atoms with Crippen molar-refractivity contribution in [1.82, 2.24) is 14.5 Å². The van der Waals surface area contributed by atoms with Crippen LogP contribution in [0.4, 0.5) is 0 Å². The van der Waals surface area contributed by atoms with Gasteiger partial charge in [0.2, 0.25) is 5.89 Å². The van der Waals surface area contributed by atoms with Gasteiger partial charge in [0, 0.05) is 22.7 Å². The molecule has 4 aromatic rings. The van der Waals surface area contributed by atoms with Crippen molar-refractivity contribution >= 4 is 45.9 Å². The molecule has 0 N–H and O–H groups in total. The second kappa shape index (κ2) is 9.22. The van der Waals surface area contributed by atoms with Gasteiger partial charge in [-0.3, -0.25) is 9.36 Å². The number of ether oxygens (including phenoxy) is 1. The van der Waals surface area contributed by atoms with Crippen LogP contribution in [0.3, 0.4) is 0 Å². The number of fused-ring (bicyclic) bond motifs is 1. The second-order valence-corrected chi connectivity index (χ2v) is 8.23. The highest BCUT2D eigenvalue weighted by molar-refractivity contribution is 7.98. The minimum absolute atomic E-state index is 0.134. The van der Waals surface area contributed by atoms with Crippen LogP contribution < -0.4 is 5.56 Å².